The average molecular weight is 525 g/mol. The molecule has 0 bridgehead atoms. The molecule has 0 heterocycles. The van der Waals surface area contributed by atoms with Crippen molar-refractivity contribution in [1.29, 1.82) is 0 Å². The highest BCUT2D eigenvalue weighted by atomic mass is 16.5. The van der Waals surface area contributed by atoms with Crippen LogP contribution in [0.5, 0.6) is 5.75 Å². The van der Waals surface area contributed by atoms with Crippen LogP contribution in [-0.2, 0) is 0 Å². The van der Waals surface area contributed by atoms with E-state index in [2.05, 4.69) is 42.5 Å². The molecule has 2 rings (SSSR count). The van der Waals surface area contributed by atoms with Crippen LogP contribution in [0.25, 0.3) is 10.8 Å². The van der Waals surface area contributed by atoms with Crippen molar-refractivity contribution in [3.05, 3.63) is 42.5 Å². The molecule has 2 aromatic rings. The van der Waals surface area contributed by atoms with Crippen LogP contribution in [0.3, 0.4) is 0 Å². The quantitative estimate of drug-likeness (QED) is 0.118. The third-order valence-electron chi connectivity index (χ3n) is 8.04. The molecule has 0 saturated heterocycles. The monoisotopic (exact) mass is 524 g/mol. The molecule has 2 aromatic carbocycles. The SMILES string of the molecule is OCCCCCCCCCCCCCCCCCCCCCCCCCCOc1ccc2ccccc2c1. The molecular formula is C36H60O2. The van der Waals surface area contributed by atoms with Crippen molar-refractivity contribution in [3.8, 4) is 5.75 Å². The van der Waals surface area contributed by atoms with Crippen LogP contribution in [0.1, 0.15) is 154 Å². The summed E-state index contributed by atoms with van der Waals surface area (Å²) in [6.45, 7) is 1.21. The number of hydrogen-bond donors (Lipinski definition) is 1. The predicted molar refractivity (Wildman–Crippen MR) is 167 cm³/mol. The predicted octanol–water partition coefficient (Wildman–Crippen LogP) is 11.6. The van der Waals surface area contributed by atoms with Crippen LogP contribution in [-0.4, -0.2) is 18.3 Å². The third kappa shape index (κ3) is 17.9. The Hall–Kier alpha value is -1.54. The number of benzene rings is 2. The molecule has 0 radical (unpaired) electrons. The number of aliphatic hydroxyl groups is 1. The van der Waals surface area contributed by atoms with Crippen molar-refractivity contribution in [2.75, 3.05) is 13.2 Å². The zero-order valence-electron chi connectivity index (χ0n) is 24.8. The van der Waals surface area contributed by atoms with Crippen LogP contribution in [0.15, 0.2) is 42.5 Å². The number of fused-ring (bicyclic) bond motifs is 1. The van der Waals surface area contributed by atoms with Gasteiger partial charge in [0, 0.05) is 6.61 Å². The average Bonchev–Trinajstić information content (AvgIpc) is 2.95. The summed E-state index contributed by atoms with van der Waals surface area (Å²) in [4.78, 5) is 0. The summed E-state index contributed by atoms with van der Waals surface area (Å²) in [5.74, 6) is 1.00. The molecule has 2 nitrogen and oxygen atoms in total. The summed E-state index contributed by atoms with van der Waals surface area (Å²) in [5, 5.41) is 11.3. The fourth-order valence-electron chi connectivity index (χ4n) is 5.55. The van der Waals surface area contributed by atoms with Gasteiger partial charge >= 0.3 is 0 Å². The van der Waals surface area contributed by atoms with Gasteiger partial charge in [0.25, 0.3) is 0 Å². The van der Waals surface area contributed by atoms with Crippen molar-refractivity contribution in [2.24, 2.45) is 0 Å². The van der Waals surface area contributed by atoms with E-state index in [0.717, 1.165) is 18.8 Å². The lowest BCUT2D eigenvalue weighted by atomic mass is 10.0. The smallest absolute Gasteiger partial charge is 0.119 e. The van der Waals surface area contributed by atoms with Crippen LogP contribution in [0.4, 0.5) is 0 Å². The van der Waals surface area contributed by atoms with Gasteiger partial charge in [0.2, 0.25) is 0 Å². The summed E-state index contributed by atoms with van der Waals surface area (Å²) in [7, 11) is 0. The summed E-state index contributed by atoms with van der Waals surface area (Å²) in [6, 6.07) is 14.9. The Bertz CT molecular complexity index is 771. The van der Waals surface area contributed by atoms with Gasteiger partial charge in [0.05, 0.1) is 6.61 Å². The molecule has 0 aromatic heterocycles. The first kappa shape index (κ1) is 32.7. The lowest BCUT2D eigenvalue weighted by molar-refractivity contribution is 0.282. The molecule has 0 aliphatic carbocycles. The van der Waals surface area contributed by atoms with Gasteiger partial charge in [-0.2, -0.15) is 0 Å². The minimum atomic E-state index is 0.368. The summed E-state index contributed by atoms with van der Waals surface area (Å²) < 4.78 is 5.96. The summed E-state index contributed by atoms with van der Waals surface area (Å²) >= 11 is 0. The Kier molecular flexibility index (Phi) is 21.1. The number of hydrogen-bond acceptors (Lipinski definition) is 2. The van der Waals surface area contributed by atoms with E-state index in [1.54, 1.807) is 0 Å². The normalized spacial score (nSPS) is 11.4. The first-order valence-corrected chi connectivity index (χ1v) is 16.6. The standard InChI is InChI=1S/C36H60O2/c37-31-25-21-19-17-15-13-11-9-7-5-3-1-2-4-6-8-10-12-14-16-18-20-22-26-32-38-36-30-29-34-27-23-24-28-35(34)33-36/h23-24,27-30,33,37H,1-22,25-26,31-32H2. The fraction of sp³-hybridized carbons (Fsp3) is 0.722. The van der Waals surface area contributed by atoms with Crippen molar-refractivity contribution in [2.45, 2.75) is 154 Å². The Morgan fingerprint density at radius 2 is 0.763 bits per heavy atom. The number of rotatable bonds is 27. The van der Waals surface area contributed by atoms with Gasteiger partial charge in [-0.3, -0.25) is 0 Å². The van der Waals surface area contributed by atoms with Crippen LogP contribution < -0.4 is 4.74 Å². The maximum atomic E-state index is 8.78. The van der Waals surface area contributed by atoms with E-state index in [-0.39, 0.29) is 0 Å². The minimum Gasteiger partial charge on any atom is -0.494 e. The summed E-state index contributed by atoms with van der Waals surface area (Å²) in [5.41, 5.74) is 0. The van der Waals surface area contributed by atoms with Gasteiger partial charge in [0.15, 0.2) is 0 Å². The molecule has 0 aliphatic heterocycles. The molecule has 0 spiro atoms. The van der Waals surface area contributed by atoms with E-state index >= 15 is 0 Å². The molecule has 0 fully saturated rings. The van der Waals surface area contributed by atoms with E-state index in [9.17, 15) is 0 Å². The van der Waals surface area contributed by atoms with Gasteiger partial charge in [-0.1, -0.05) is 172 Å². The second kappa shape index (κ2) is 24.5. The largest absolute Gasteiger partial charge is 0.494 e. The Balaban J connectivity index is 1.21. The van der Waals surface area contributed by atoms with Gasteiger partial charge < -0.3 is 9.84 Å². The van der Waals surface area contributed by atoms with E-state index in [1.807, 2.05) is 0 Å². The molecule has 0 atom stereocenters. The molecular weight excluding hydrogens is 464 g/mol. The highest BCUT2D eigenvalue weighted by molar-refractivity contribution is 5.83. The molecule has 216 valence electrons. The maximum absolute atomic E-state index is 8.78. The first-order valence-electron chi connectivity index (χ1n) is 16.6. The Labute approximate surface area is 236 Å². The molecule has 38 heavy (non-hydrogen) atoms. The lowest BCUT2D eigenvalue weighted by Crippen LogP contribution is -1.97. The molecule has 0 unspecified atom stereocenters. The summed E-state index contributed by atoms with van der Waals surface area (Å²) in [6.07, 6.45) is 33.1. The van der Waals surface area contributed by atoms with E-state index in [0.29, 0.717) is 6.61 Å². The Morgan fingerprint density at radius 1 is 0.395 bits per heavy atom. The zero-order chi connectivity index (χ0) is 26.8. The lowest BCUT2D eigenvalue weighted by Gasteiger charge is -2.07. The second-order valence-corrected chi connectivity index (χ2v) is 11.6. The third-order valence-corrected chi connectivity index (χ3v) is 8.04. The molecule has 0 aliphatic rings. The first-order chi connectivity index (χ1) is 18.9. The fourth-order valence-corrected chi connectivity index (χ4v) is 5.55. The number of unbranched alkanes of at least 4 members (excludes halogenated alkanes) is 23. The van der Waals surface area contributed by atoms with E-state index in [1.165, 1.54) is 158 Å². The highest BCUT2D eigenvalue weighted by Crippen LogP contribution is 2.21. The molecule has 0 saturated carbocycles. The minimum absolute atomic E-state index is 0.368. The van der Waals surface area contributed by atoms with Crippen LogP contribution >= 0.6 is 0 Å². The van der Waals surface area contributed by atoms with Crippen LogP contribution in [0, 0.1) is 0 Å². The maximum Gasteiger partial charge on any atom is 0.119 e. The van der Waals surface area contributed by atoms with Crippen molar-refractivity contribution in [3.63, 3.8) is 0 Å². The second-order valence-electron chi connectivity index (χ2n) is 11.6. The van der Waals surface area contributed by atoms with Gasteiger partial charge in [-0.25, -0.2) is 0 Å². The van der Waals surface area contributed by atoms with Gasteiger partial charge in [-0.05, 0) is 35.7 Å². The van der Waals surface area contributed by atoms with Gasteiger partial charge in [-0.15, -0.1) is 0 Å². The number of aliphatic hydroxyl groups excluding tert-OH is 1. The van der Waals surface area contributed by atoms with E-state index < -0.39 is 0 Å². The molecule has 2 heteroatoms. The van der Waals surface area contributed by atoms with Crippen molar-refractivity contribution in [1.82, 2.24) is 0 Å². The van der Waals surface area contributed by atoms with Crippen molar-refractivity contribution >= 4 is 10.8 Å². The van der Waals surface area contributed by atoms with Gasteiger partial charge in [0.1, 0.15) is 5.75 Å². The van der Waals surface area contributed by atoms with Crippen LogP contribution in [0.2, 0.25) is 0 Å². The Morgan fingerprint density at radius 3 is 1.18 bits per heavy atom. The zero-order valence-corrected chi connectivity index (χ0v) is 24.8. The molecule has 1 N–H and O–H groups in total. The van der Waals surface area contributed by atoms with E-state index in [4.69, 9.17) is 9.84 Å². The topological polar surface area (TPSA) is 29.5 Å². The van der Waals surface area contributed by atoms with Crippen molar-refractivity contribution < 1.29 is 9.84 Å². The number of ether oxygens (including phenoxy) is 1. The highest BCUT2D eigenvalue weighted by Gasteiger charge is 1.99. The molecule has 0 amide bonds.